The van der Waals surface area contributed by atoms with Gasteiger partial charge in [-0.1, -0.05) is 12.1 Å². The van der Waals surface area contributed by atoms with Crippen molar-refractivity contribution < 1.29 is 4.74 Å². The van der Waals surface area contributed by atoms with Crippen LogP contribution in [-0.4, -0.2) is 28.7 Å². The van der Waals surface area contributed by atoms with Gasteiger partial charge in [0, 0.05) is 19.5 Å². The minimum atomic E-state index is -0.0242. The highest BCUT2D eigenvalue weighted by Gasteiger charge is 2.11. The van der Waals surface area contributed by atoms with E-state index in [0.717, 1.165) is 11.0 Å². The number of aromatic nitrogens is 2. The number of hydrogen-bond acceptors (Lipinski definition) is 2. The van der Waals surface area contributed by atoms with E-state index < -0.39 is 0 Å². The van der Waals surface area contributed by atoms with Crippen LogP contribution >= 0.6 is 11.6 Å². The minimum absolute atomic E-state index is 0.0242. The van der Waals surface area contributed by atoms with Crippen molar-refractivity contribution in [1.82, 2.24) is 9.13 Å². The molecule has 1 aromatic heterocycles. The van der Waals surface area contributed by atoms with Crippen molar-refractivity contribution in [3.63, 3.8) is 0 Å². The number of methoxy groups -OCH3 is 1. The molecule has 1 heterocycles. The van der Waals surface area contributed by atoms with E-state index in [0.29, 0.717) is 25.6 Å². The molecule has 0 amide bonds. The smallest absolute Gasteiger partial charge is 0.329 e. The summed E-state index contributed by atoms with van der Waals surface area (Å²) in [5, 5.41) is 0. The Morgan fingerprint density at radius 2 is 1.76 bits per heavy atom. The summed E-state index contributed by atoms with van der Waals surface area (Å²) in [4.78, 5) is 12.2. The Balaban J connectivity index is 2.58. The van der Waals surface area contributed by atoms with Gasteiger partial charge in [-0.15, -0.1) is 11.6 Å². The van der Waals surface area contributed by atoms with Gasteiger partial charge in [0.05, 0.1) is 24.2 Å². The number of alkyl halides is 1. The summed E-state index contributed by atoms with van der Waals surface area (Å²) >= 11 is 5.73. The van der Waals surface area contributed by atoms with E-state index >= 15 is 0 Å². The zero-order valence-electron chi connectivity index (χ0n) is 9.73. The monoisotopic (exact) mass is 254 g/mol. The maximum Gasteiger partial charge on any atom is 0.329 e. The quantitative estimate of drug-likeness (QED) is 0.762. The Labute approximate surface area is 104 Å². The molecule has 0 N–H and O–H groups in total. The molecular formula is C12H15ClN2O2. The van der Waals surface area contributed by atoms with E-state index in [1.165, 1.54) is 0 Å². The van der Waals surface area contributed by atoms with Gasteiger partial charge in [-0.3, -0.25) is 9.13 Å². The number of fused-ring (bicyclic) bond motifs is 1. The van der Waals surface area contributed by atoms with E-state index in [-0.39, 0.29) is 5.69 Å². The molecule has 0 aliphatic carbocycles. The topological polar surface area (TPSA) is 36.2 Å². The molecule has 4 nitrogen and oxygen atoms in total. The van der Waals surface area contributed by atoms with Crippen LogP contribution in [0.3, 0.4) is 0 Å². The van der Waals surface area contributed by atoms with Crippen LogP contribution in [0.1, 0.15) is 0 Å². The van der Waals surface area contributed by atoms with Gasteiger partial charge >= 0.3 is 5.69 Å². The second kappa shape index (κ2) is 5.38. The standard InChI is InChI=1S/C12H15ClN2O2/c1-17-9-8-15-11-5-3-2-4-10(11)14(7-6-13)12(15)16/h2-5H,6-9H2,1H3. The molecule has 0 saturated carbocycles. The third kappa shape index (κ3) is 2.23. The average molecular weight is 255 g/mol. The van der Waals surface area contributed by atoms with Gasteiger partial charge in [0.25, 0.3) is 0 Å². The number of imidazole rings is 1. The Bertz CT molecular complexity index is 559. The molecule has 0 aliphatic heterocycles. The van der Waals surface area contributed by atoms with E-state index in [1.807, 2.05) is 24.3 Å². The van der Waals surface area contributed by atoms with Gasteiger partial charge in [-0.05, 0) is 12.1 Å². The number of aryl methyl sites for hydroxylation is 1. The molecule has 0 spiro atoms. The molecule has 0 fully saturated rings. The zero-order valence-corrected chi connectivity index (χ0v) is 10.5. The summed E-state index contributed by atoms with van der Waals surface area (Å²) < 4.78 is 8.46. The molecule has 2 aromatic rings. The van der Waals surface area contributed by atoms with E-state index in [9.17, 15) is 4.79 Å². The molecule has 0 aliphatic rings. The van der Waals surface area contributed by atoms with Gasteiger partial charge in [0.15, 0.2) is 0 Å². The molecular weight excluding hydrogens is 240 g/mol. The number of nitrogens with zero attached hydrogens (tertiary/aromatic N) is 2. The molecule has 0 bridgehead atoms. The van der Waals surface area contributed by atoms with E-state index in [1.54, 1.807) is 16.2 Å². The zero-order chi connectivity index (χ0) is 12.3. The van der Waals surface area contributed by atoms with Gasteiger partial charge < -0.3 is 4.74 Å². The van der Waals surface area contributed by atoms with Crippen molar-refractivity contribution in [3.05, 3.63) is 34.7 Å². The lowest BCUT2D eigenvalue weighted by molar-refractivity contribution is 0.187. The predicted octanol–water partition coefficient (Wildman–Crippen LogP) is 1.69. The molecule has 0 unspecified atom stereocenters. The number of para-hydroxylation sites is 2. The number of ether oxygens (including phenoxy) is 1. The van der Waals surface area contributed by atoms with Crippen LogP contribution in [0.4, 0.5) is 0 Å². The summed E-state index contributed by atoms with van der Waals surface area (Å²) in [7, 11) is 1.63. The first-order valence-electron chi connectivity index (χ1n) is 5.52. The molecule has 2 rings (SSSR count). The van der Waals surface area contributed by atoms with Gasteiger partial charge in [-0.2, -0.15) is 0 Å². The van der Waals surface area contributed by atoms with Crippen LogP contribution in [0, 0.1) is 0 Å². The lowest BCUT2D eigenvalue weighted by Gasteiger charge is -2.01. The predicted molar refractivity (Wildman–Crippen MR) is 68.8 cm³/mol. The number of rotatable bonds is 5. The highest BCUT2D eigenvalue weighted by molar-refractivity contribution is 6.17. The van der Waals surface area contributed by atoms with Crippen molar-refractivity contribution in [2.45, 2.75) is 13.1 Å². The lowest BCUT2D eigenvalue weighted by atomic mass is 10.3. The SMILES string of the molecule is COCCn1c(=O)n(CCCl)c2ccccc21. The Hall–Kier alpha value is -1.26. The summed E-state index contributed by atoms with van der Waals surface area (Å²) in [6, 6.07) is 7.73. The van der Waals surface area contributed by atoms with Crippen LogP contribution < -0.4 is 5.69 Å². The normalized spacial score (nSPS) is 11.2. The van der Waals surface area contributed by atoms with Crippen LogP contribution in [0.25, 0.3) is 11.0 Å². The van der Waals surface area contributed by atoms with Crippen LogP contribution in [0.2, 0.25) is 0 Å². The fourth-order valence-electron chi connectivity index (χ4n) is 1.97. The minimum Gasteiger partial charge on any atom is -0.383 e. The number of halogens is 1. The molecule has 17 heavy (non-hydrogen) atoms. The third-order valence-corrected chi connectivity index (χ3v) is 2.92. The van der Waals surface area contributed by atoms with Crippen molar-refractivity contribution in [1.29, 1.82) is 0 Å². The number of hydrogen-bond donors (Lipinski definition) is 0. The van der Waals surface area contributed by atoms with Crippen LogP contribution in [0.5, 0.6) is 0 Å². The van der Waals surface area contributed by atoms with Crippen LogP contribution in [-0.2, 0) is 17.8 Å². The molecule has 0 radical (unpaired) electrons. The Kier molecular flexibility index (Phi) is 3.86. The molecule has 0 saturated heterocycles. The fraction of sp³-hybridized carbons (Fsp3) is 0.417. The van der Waals surface area contributed by atoms with E-state index in [4.69, 9.17) is 16.3 Å². The molecule has 1 aromatic carbocycles. The van der Waals surface area contributed by atoms with Crippen LogP contribution in [0.15, 0.2) is 29.1 Å². The maximum absolute atomic E-state index is 12.2. The van der Waals surface area contributed by atoms with Crippen molar-refractivity contribution in [2.24, 2.45) is 0 Å². The van der Waals surface area contributed by atoms with Gasteiger partial charge in [0.1, 0.15) is 0 Å². The lowest BCUT2D eigenvalue weighted by Crippen LogP contribution is -2.26. The Morgan fingerprint density at radius 1 is 1.18 bits per heavy atom. The fourth-order valence-corrected chi connectivity index (χ4v) is 2.14. The highest BCUT2D eigenvalue weighted by atomic mass is 35.5. The first-order valence-corrected chi connectivity index (χ1v) is 6.06. The molecule has 5 heteroatoms. The molecule has 92 valence electrons. The first kappa shape index (κ1) is 12.2. The number of benzene rings is 1. The summed E-state index contributed by atoms with van der Waals surface area (Å²) in [5.74, 6) is 0.429. The van der Waals surface area contributed by atoms with Crippen molar-refractivity contribution in [3.8, 4) is 0 Å². The summed E-state index contributed by atoms with van der Waals surface area (Å²) in [6.07, 6.45) is 0. The Morgan fingerprint density at radius 3 is 2.29 bits per heavy atom. The average Bonchev–Trinajstić information content (AvgIpc) is 2.61. The van der Waals surface area contributed by atoms with Gasteiger partial charge in [0.2, 0.25) is 0 Å². The summed E-state index contributed by atoms with van der Waals surface area (Å²) in [5.41, 5.74) is 1.83. The maximum atomic E-state index is 12.2. The second-order valence-electron chi connectivity index (χ2n) is 3.76. The second-order valence-corrected chi connectivity index (χ2v) is 4.13. The van der Waals surface area contributed by atoms with Crippen molar-refractivity contribution >= 4 is 22.6 Å². The first-order chi connectivity index (χ1) is 8.29. The van der Waals surface area contributed by atoms with Gasteiger partial charge in [-0.25, -0.2) is 4.79 Å². The van der Waals surface area contributed by atoms with E-state index in [2.05, 4.69) is 0 Å². The summed E-state index contributed by atoms with van der Waals surface area (Å²) in [6.45, 7) is 1.61. The molecule has 0 atom stereocenters. The third-order valence-electron chi connectivity index (χ3n) is 2.75. The largest absolute Gasteiger partial charge is 0.383 e. The highest BCUT2D eigenvalue weighted by Crippen LogP contribution is 2.12. The van der Waals surface area contributed by atoms with Crippen molar-refractivity contribution in [2.75, 3.05) is 19.6 Å².